The highest BCUT2D eigenvalue weighted by Gasteiger charge is 2.13. The van der Waals surface area contributed by atoms with E-state index >= 15 is 0 Å². The SMILES string of the molecule is CC.CCCCCNC(=O)C(N)c1ccccc1. The van der Waals surface area contributed by atoms with E-state index in [1.807, 2.05) is 44.2 Å². The van der Waals surface area contributed by atoms with Gasteiger partial charge in [-0.25, -0.2) is 0 Å². The topological polar surface area (TPSA) is 55.1 Å². The first-order chi connectivity index (χ1) is 8.75. The summed E-state index contributed by atoms with van der Waals surface area (Å²) in [5.41, 5.74) is 6.70. The van der Waals surface area contributed by atoms with Crippen molar-refractivity contribution in [2.24, 2.45) is 5.73 Å². The first-order valence-corrected chi connectivity index (χ1v) is 6.84. The second-order valence-corrected chi connectivity index (χ2v) is 3.89. The minimum Gasteiger partial charge on any atom is -0.354 e. The summed E-state index contributed by atoms with van der Waals surface area (Å²) in [7, 11) is 0. The number of carbonyl (C=O) groups excluding carboxylic acids is 1. The van der Waals surface area contributed by atoms with Gasteiger partial charge in [-0.1, -0.05) is 63.9 Å². The normalized spacial score (nSPS) is 11.1. The molecule has 3 heteroatoms. The fourth-order valence-corrected chi connectivity index (χ4v) is 1.51. The van der Waals surface area contributed by atoms with Crippen molar-refractivity contribution in [2.75, 3.05) is 6.54 Å². The van der Waals surface area contributed by atoms with E-state index in [1.54, 1.807) is 0 Å². The number of unbranched alkanes of at least 4 members (excludes halogenated alkanes) is 2. The molecule has 102 valence electrons. The van der Waals surface area contributed by atoms with Gasteiger partial charge >= 0.3 is 0 Å². The van der Waals surface area contributed by atoms with E-state index in [-0.39, 0.29) is 5.91 Å². The highest BCUT2D eigenvalue weighted by molar-refractivity contribution is 5.82. The van der Waals surface area contributed by atoms with E-state index in [9.17, 15) is 4.79 Å². The number of benzene rings is 1. The molecule has 0 fully saturated rings. The minimum absolute atomic E-state index is 0.0951. The van der Waals surface area contributed by atoms with Crippen LogP contribution in [0.15, 0.2) is 30.3 Å². The van der Waals surface area contributed by atoms with Gasteiger partial charge in [0.05, 0.1) is 0 Å². The molecule has 1 aromatic carbocycles. The first kappa shape index (κ1) is 16.6. The Kier molecular flexibility index (Phi) is 9.97. The average molecular weight is 250 g/mol. The van der Waals surface area contributed by atoms with E-state index < -0.39 is 6.04 Å². The summed E-state index contributed by atoms with van der Waals surface area (Å²) >= 11 is 0. The molecule has 0 saturated heterocycles. The molecular weight excluding hydrogens is 224 g/mol. The molecule has 1 unspecified atom stereocenters. The van der Waals surface area contributed by atoms with Gasteiger partial charge in [-0.15, -0.1) is 0 Å². The largest absolute Gasteiger partial charge is 0.354 e. The number of hydrogen-bond acceptors (Lipinski definition) is 2. The van der Waals surface area contributed by atoms with E-state index in [1.165, 1.54) is 0 Å². The lowest BCUT2D eigenvalue weighted by Crippen LogP contribution is -2.34. The van der Waals surface area contributed by atoms with E-state index in [4.69, 9.17) is 5.73 Å². The van der Waals surface area contributed by atoms with Crippen LogP contribution >= 0.6 is 0 Å². The average Bonchev–Trinajstić information content (AvgIpc) is 2.45. The lowest BCUT2D eigenvalue weighted by molar-refractivity contribution is -0.122. The van der Waals surface area contributed by atoms with Crippen molar-refractivity contribution in [2.45, 2.75) is 46.1 Å². The molecule has 1 rings (SSSR count). The van der Waals surface area contributed by atoms with Crippen LogP contribution in [0.1, 0.15) is 51.6 Å². The summed E-state index contributed by atoms with van der Waals surface area (Å²) < 4.78 is 0. The van der Waals surface area contributed by atoms with Crippen LogP contribution in [0.2, 0.25) is 0 Å². The van der Waals surface area contributed by atoms with Crippen molar-refractivity contribution >= 4 is 5.91 Å². The van der Waals surface area contributed by atoms with Gasteiger partial charge in [-0.3, -0.25) is 4.79 Å². The molecule has 3 N–H and O–H groups in total. The smallest absolute Gasteiger partial charge is 0.241 e. The van der Waals surface area contributed by atoms with Crippen molar-refractivity contribution < 1.29 is 4.79 Å². The lowest BCUT2D eigenvalue weighted by Gasteiger charge is -2.12. The summed E-state index contributed by atoms with van der Waals surface area (Å²) in [6.07, 6.45) is 3.31. The van der Waals surface area contributed by atoms with Crippen LogP contribution in [0.4, 0.5) is 0 Å². The third-order valence-corrected chi connectivity index (χ3v) is 2.52. The van der Waals surface area contributed by atoms with Crippen molar-refractivity contribution in [3.63, 3.8) is 0 Å². The molecule has 0 aliphatic carbocycles. The maximum Gasteiger partial charge on any atom is 0.241 e. The van der Waals surface area contributed by atoms with Crippen LogP contribution in [-0.2, 0) is 4.79 Å². The number of nitrogens with two attached hydrogens (primary N) is 1. The highest BCUT2D eigenvalue weighted by Crippen LogP contribution is 2.09. The van der Waals surface area contributed by atoms with Crippen molar-refractivity contribution in [3.8, 4) is 0 Å². The zero-order chi connectivity index (χ0) is 13.8. The van der Waals surface area contributed by atoms with Crippen molar-refractivity contribution in [1.29, 1.82) is 0 Å². The summed E-state index contributed by atoms with van der Waals surface area (Å²) in [4.78, 5) is 11.7. The molecule has 1 aromatic rings. The third kappa shape index (κ3) is 6.40. The van der Waals surface area contributed by atoms with Gasteiger partial charge in [0.2, 0.25) is 5.91 Å². The molecule has 3 nitrogen and oxygen atoms in total. The molecule has 0 aromatic heterocycles. The Labute approximate surface area is 111 Å². The molecule has 0 saturated carbocycles. The summed E-state index contributed by atoms with van der Waals surface area (Å²) in [5, 5.41) is 2.85. The maximum atomic E-state index is 11.7. The second kappa shape index (κ2) is 10.8. The molecule has 1 atom stereocenters. The van der Waals surface area contributed by atoms with Gasteiger partial charge in [0.15, 0.2) is 0 Å². The minimum atomic E-state index is -0.553. The molecule has 0 spiro atoms. The van der Waals surface area contributed by atoms with Crippen molar-refractivity contribution in [1.82, 2.24) is 5.32 Å². The Morgan fingerprint density at radius 1 is 1.22 bits per heavy atom. The standard InChI is InChI=1S/C13H20N2O.C2H6/c1-2-3-7-10-15-13(16)12(14)11-8-5-4-6-9-11;1-2/h4-6,8-9,12H,2-3,7,10,14H2,1H3,(H,15,16);1-2H3. The summed E-state index contributed by atoms with van der Waals surface area (Å²) in [5.74, 6) is -0.0951. The maximum absolute atomic E-state index is 11.7. The zero-order valence-corrected chi connectivity index (χ0v) is 11.8. The van der Waals surface area contributed by atoms with E-state index in [0.717, 1.165) is 24.8 Å². The molecule has 0 bridgehead atoms. The van der Waals surface area contributed by atoms with Crippen LogP contribution in [0.3, 0.4) is 0 Å². The lowest BCUT2D eigenvalue weighted by atomic mass is 10.1. The van der Waals surface area contributed by atoms with Gasteiger partial charge in [-0.05, 0) is 12.0 Å². The summed E-state index contributed by atoms with van der Waals surface area (Å²) in [6, 6.07) is 8.88. The van der Waals surface area contributed by atoms with Gasteiger partial charge < -0.3 is 11.1 Å². The Hall–Kier alpha value is -1.35. The van der Waals surface area contributed by atoms with Crippen LogP contribution in [0.5, 0.6) is 0 Å². The van der Waals surface area contributed by atoms with E-state index in [2.05, 4.69) is 12.2 Å². The van der Waals surface area contributed by atoms with Gasteiger partial charge in [-0.2, -0.15) is 0 Å². The number of carbonyl (C=O) groups is 1. The molecule has 1 amide bonds. The molecule has 0 aliphatic rings. The molecule has 0 heterocycles. The van der Waals surface area contributed by atoms with Gasteiger partial charge in [0, 0.05) is 6.54 Å². The Bertz CT molecular complexity index is 312. The first-order valence-electron chi connectivity index (χ1n) is 6.84. The number of amides is 1. The Balaban J connectivity index is 0.00000137. The Morgan fingerprint density at radius 3 is 2.39 bits per heavy atom. The molecular formula is C15H26N2O. The summed E-state index contributed by atoms with van der Waals surface area (Å²) in [6.45, 7) is 6.85. The molecule has 0 aliphatic heterocycles. The van der Waals surface area contributed by atoms with Crippen LogP contribution < -0.4 is 11.1 Å². The van der Waals surface area contributed by atoms with Gasteiger partial charge in [0.1, 0.15) is 6.04 Å². The number of rotatable bonds is 6. The monoisotopic (exact) mass is 250 g/mol. The van der Waals surface area contributed by atoms with Crippen LogP contribution in [0.25, 0.3) is 0 Å². The number of hydrogen-bond donors (Lipinski definition) is 2. The fraction of sp³-hybridized carbons (Fsp3) is 0.533. The fourth-order valence-electron chi connectivity index (χ4n) is 1.51. The second-order valence-electron chi connectivity index (χ2n) is 3.89. The van der Waals surface area contributed by atoms with Gasteiger partial charge in [0.25, 0.3) is 0 Å². The van der Waals surface area contributed by atoms with E-state index in [0.29, 0.717) is 6.54 Å². The highest BCUT2D eigenvalue weighted by atomic mass is 16.2. The molecule has 18 heavy (non-hydrogen) atoms. The predicted octanol–water partition coefficient (Wildman–Crippen LogP) is 3.02. The third-order valence-electron chi connectivity index (χ3n) is 2.52. The predicted molar refractivity (Wildman–Crippen MR) is 77.3 cm³/mol. The Morgan fingerprint density at radius 2 is 1.83 bits per heavy atom. The molecule has 0 radical (unpaired) electrons. The quantitative estimate of drug-likeness (QED) is 0.762. The van der Waals surface area contributed by atoms with Crippen molar-refractivity contribution in [3.05, 3.63) is 35.9 Å². The van der Waals surface area contributed by atoms with Crippen LogP contribution in [-0.4, -0.2) is 12.5 Å². The number of nitrogens with one attached hydrogen (secondary N) is 1. The van der Waals surface area contributed by atoms with Crippen LogP contribution in [0, 0.1) is 0 Å². The zero-order valence-electron chi connectivity index (χ0n) is 11.8.